The minimum absolute atomic E-state index is 0.237. The molecular weight excluding hydrogens is 257 g/mol. The van der Waals surface area contributed by atoms with Crippen LogP contribution in [0.3, 0.4) is 0 Å². The Bertz CT molecular complexity index is 764. The third-order valence-electron chi connectivity index (χ3n) is 3.31. The maximum Gasteiger partial charge on any atom is 0.128 e. The van der Waals surface area contributed by atoms with Gasteiger partial charge in [0.05, 0.1) is 5.69 Å². The van der Waals surface area contributed by atoms with E-state index in [2.05, 4.69) is 0 Å². The van der Waals surface area contributed by atoms with Crippen LogP contribution in [0.5, 0.6) is 11.5 Å². The van der Waals surface area contributed by atoms with E-state index in [0.717, 1.165) is 16.6 Å². The lowest BCUT2D eigenvalue weighted by atomic mass is 10.2. The number of benzene rings is 2. The average molecular weight is 271 g/mol. The zero-order chi connectivity index (χ0) is 14.1. The summed E-state index contributed by atoms with van der Waals surface area (Å²) in [7, 11) is 1.93. The van der Waals surface area contributed by atoms with Crippen LogP contribution in [0.2, 0.25) is 0 Å². The normalized spacial score (nSPS) is 10.9. The topological polar surface area (TPSA) is 34.4 Å². The molecule has 0 saturated carbocycles. The van der Waals surface area contributed by atoms with E-state index in [4.69, 9.17) is 4.74 Å². The summed E-state index contributed by atoms with van der Waals surface area (Å²) in [6.07, 6.45) is 0. The number of rotatable bonds is 3. The van der Waals surface area contributed by atoms with Crippen LogP contribution in [-0.2, 0) is 13.7 Å². The Labute approximate surface area is 115 Å². The standard InChI is InChI=1S/C16H14FNO2/c1-18-13(7-11-8-14(19)5-6-16(11)18)10-20-15-4-2-3-12(17)9-15/h2-9,19H,10H2,1H3. The van der Waals surface area contributed by atoms with Gasteiger partial charge in [0, 0.05) is 24.0 Å². The number of aromatic nitrogens is 1. The molecule has 1 aromatic heterocycles. The Morgan fingerprint density at radius 3 is 2.80 bits per heavy atom. The molecule has 0 bridgehead atoms. The third kappa shape index (κ3) is 2.32. The molecule has 102 valence electrons. The fourth-order valence-electron chi connectivity index (χ4n) is 2.25. The number of aromatic hydroxyl groups is 1. The zero-order valence-corrected chi connectivity index (χ0v) is 11.0. The van der Waals surface area contributed by atoms with Crippen molar-refractivity contribution >= 4 is 10.9 Å². The number of halogens is 1. The summed E-state index contributed by atoms with van der Waals surface area (Å²) < 4.78 is 20.7. The Morgan fingerprint density at radius 2 is 2.00 bits per heavy atom. The van der Waals surface area contributed by atoms with Crippen molar-refractivity contribution in [2.75, 3.05) is 0 Å². The molecule has 20 heavy (non-hydrogen) atoms. The Kier molecular flexibility index (Phi) is 3.06. The van der Waals surface area contributed by atoms with Crippen molar-refractivity contribution < 1.29 is 14.2 Å². The quantitative estimate of drug-likeness (QED) is 0.789. The van der Waals surface area contributed by atoms with Crippen molar-refractivity contribution in [2.45, 2.75) is 6.61 Å². The molecule has 0 fully saturated rings. The first-order chi connectivity index (χ1) is 9.63. The SMILES string of the molecule is Cn1c(COc2cccc(F)c2)cc2cc(O)ccc21. The predicted molar refractivity (Wildman–Crippen MR) is 75.3 cm³/mol. The first-order valence-corrected chi connectivity index (χ1v) is 6.29. The molecule has 0 aliphatic carbocycles. The molecule has 1 heterocycles. The van der Waals surface area contributed by atoms with Crippen LogP contribution in [0.15, 0.2) is 48.5 Å². The number of nitrogens with zero attached hydrogens (tertiary/aromatic N) is 1. The van der Waals surface area contributed by atoms with Crippen LogP contribution in [0.4, 0.5) is 4.39 Å². The van der Waals surface area contributed by atoms with Crippen molar-refractivity contribution in [2.24, 2.45) is 7.05 Å². The monoisotopic (exact) mass is 271 g/mol. The van der Waals surface area contributed by atoms with E-state index in [1.807, 2.05) is 23.7 Å². The van der Waals surface area contributed by atoms with Crippen LogP contribution < -0.4 is 4.74 Å². The van der Waals surface area contributed by atoms with E-state index in [0.29, 0.717) is 12.4 Å². The van der Waals surface area contributed by atoms with Gasteiger partial charge in [0.25, 0.3) is 0 Å². The molecule has 0 amide bonds. The Hall–Kier alpha value is -2.49. The molecular formula is C16H14FNO2. The highest BCUT2D eigenvalue weighted by molar-refractivity contribution is 5.82. The summed E-state index contributed by atoms with van der Waals surface area (Å²) in [5.74, 6) is 0.420. The van der Waals surface area contributed by atoms with Crippen molar-refractivity contribution in [1.29, 1.82) is 0 Å². The van der Waals surface area contributed by atoms with Gasteiger partial charge in [-0.05, 0) is 36.4 Å². The average Bonchev–Trinajstić information content (AvgIpc) is 2.72. The van der Waals surface area contributed by atoms with Gasteiger partial charge in [0.1, 0.15) is 23.9 Å². The third-order valence-corrected chi connectivity index (χ3v) is 3.31. The van der Waals surface area contributed by atoms with Gasteiger partial charge >= 0.3 is 0 Å². The second-order valence-corrected chi connectivity index (χ2v) is 4.68. The van der Waals surface area contributed by atoms with E-state index < -0.39 is 0 Å². The molecule has 0 aliphatic heterocycles. The summed E-state index contributed by atoms with van der Waals surface area (Å²) in [6.45, 7) is 0.343. The van der Waals surface area contributed by atoms with Crippen molar-refractivity contribution in [3.8, 4) is 11.5 Å². The number of phenolic OH excluding ortho intramolecular Hbond substituents is 1. The largest absolute Gasteiger partial charge is 0.508 e. The number of phenols is 1. The summed E-state index contributed by atoms with van der Waals surface area (Å²) in [5, 5.41) is 10.4. The Balaban J connectivity index is 1.86. The molecule has 0 radical (unpaired) electrons. The zero-order valence-electron chi connectivity index (χ0n) is 11.0. The molecule has 4 heteroatoms. The molecule has 3 rings (SSSR count). The van der Waals surface area contributed by atoms with E-state index >= 15 is 0 Å². The Morgan fingerprint density at radius 1 is 1.15 bits per heavy atom. The maximum atomic E-state index is 13.1. The van der Waals surface area contributed by atoms with Gasteiger partial charge in [-0.1, -0.05) is 6.07 Å². The molecule has 0 unspecified atom stereocenters. The van der Waals surface area contributed by atoms with Crippen LogP contribution in [0.1, 0.15) is 5.69 Å². The van der Waals surface area contributed by atoms with Gasteiger partial charge in [-0.2, -0.15) is 0 Å². The van der Waals surface area contributed by atoms with E-state index in [9.17, 15) is 9.50 Å². The highest BCUT2D eigenvalue weighted by Crippen LogP contribution is 2.24. The van der Waals surface area contributed by atoms with E-state index in [1.54, 1.807) is 24.3 Å². The minimum atomic E-state index is -0.315. The number of fused-ring (bicyclic) bond motifs is 1. The van der Waals surface area contributed by atoms with Crippen LogP contribution in [-0.4, -0.2) is 9.67 Å². The molecule has 3 nitrogen and oxygen atoms in total. The second-order valence-electron chi connectivity index (χ2n) is 4.68. The van der Waals surface area contributed by atoms with Crippen LogP contribution >= 0.6 is 0 Å². The first kappa shape index (κ1) is 12.5. The van der Waals surface area contributed by atoms with Gasteiger partial charge in [0.15, 0.2) is 0 Å². The molecule has 3 aromatic rings. The van der Waals surface area contributed by atoms with Gasteiger partial charge in [-0.15, -0.1) is 0 Å². The van der Waals surface area contributed by atoms with Gasteiger partial charge < -0.3 is 14.4 Å². The van der Waals surface area contributed by atoms with E-state index in [-0.39, 0.29) is 11.6 Å². The molecule has 2 aromatic carbocycles. The lowest BCUT2D eigenvalue weighted by molar-refractivity contribution is 0.296. The van der Waals surface area contributed by atoms with Crippen LogP contribution in [0, 0.1) is 5.82 Å². The van der Waals surface area contributed by atoms with Crippen molar-refractivity contribution in [1.82, 2.24) is 4.57 Å². The molecule has 0 spiro atoms. The number of hydrogen-bond acceptors (Lipinski definition) is 2. The van der Waals surface area contributed by atoms with Crippen LogP contribution in [0.25, 0.3) is 10.9 Å². The highest BCUT2D eigenvalue weighted by Gasteiger charge is 2.07. The molecule has 1 N–H and O–H groups in total. The van der Waals surface area contributed by atoms with Crippen molar-refractivity contribution in [3.05, 3.63) is 60.0 Å². The minimum Gasteiger partial charge on any atom is -0.508 e. The smallest absolute Gasteiger partial charge is 0.128 e. The fraction of sp³-hybridized carbons (Fsp3) is 0.125. The summed E-state index contributed by atoms with van der Waals surface area (Å²) in [6, 6.07) is 13.2. The van der Waals surface area contributed by atoms with Crippen molar-refractivity contribution in [3.63, 3.8) is 0 Å². The predicted octanol–water partition coefficient (Wildman–Crippen LogP) is 3.60. The number of hydrogen-bond donors (Lipinski definition) is 1. The van der Waals surface area contributed by atoms with E-state index in [1.165, 1.54) is 12.1 Å². The lowest BCUT2D eigenvalue weighted by Crippen LogP contribution is -2.01. The number of ether oxygens (including phenoxy) is 1. The lowest BCUT2D eigenvalue weighted by Gasteiger charge is -2.07. The summed E-state index contributed by atoms with van der Waals surface area (Å²) in [5.41, 5.74) is 1.97. The molecule has 0 aliphatic rings. The molecule has 0 saturated heterocycles. The van der Waals surface area contributed by atoms with Gasteiger partial charge in [-0.25, -0.2) is 4.39 Å². The molecule has 0 atom stereocenters. The van der Waals surface area contributed by atoms with Gasteiger partial charge in [-0.3, -0.25) is 0 Å². The fourth-order valence-corrected chi connectivity index (χ4v) is 2.25. The van der Waals surface area contributed by atoms with Gasteiger partial charge in [0.2, 0.25) is 0 Å². The summed E-state index contributed by atoms with van der Waals surface area (Å²) in [4.78, 5) is 0. The summed E-state index contributed by atoms with van der Waals surface area (Å²) >= 11 is 0. The first-order valence-electron chi connectivity index (χ1n) is 6.29. The maximum absolute atomic E-state index is 13.1. The second kappa shape index (κ2) is 4.89. The highest BCUT2D eigenvalue weighted by atomic mass is 19.1. The number of aryl methyl sites for hydroxylation is 1.